The van der Waals surface area contributed by atoms with E-state index in [2.05, 4.69) is 39.8 Å². The van der Waals surface area contributed by atoms with Crippen molar-refractivity contribution in [2.75, 3.05) is 59.5 Å². The van der Waals surface area contributed by atoms with Crippen LogP contribution in [0.25, 0.3) is 0 Å². The molecule has 2 heterocycles. The number of likely N-dealkylation sites (N-methyl/N-ethyl adjacent to an activating group) is 1. The minimum absolute atomic E-state index is 0.340. The topological polar surface area (TPSA) is 45.0 Å². The zero-order chi connectivity index (χ0) is 16.9. The summed E-state index contributed by atoms with van der Waals surface area (Å²) < 4.78 is 5.54. The molecule has 0 amide bonds. The molecule has 3 rings (SSSR count). The number of hydrogen-bond acceptors (Lipinski definition) is 5. The van der Waals surface area contributed by atoms with Gasteiger partial charge in [0.1, 0.15) is 5.75 Å². The normalized spacial score (nSPS) is 22.7. The van der Waals surface area contributed by atoms with Crippen molar-refractivity contribution >= 4 is 0 Å². The minimum atomic E-state index is 0.340. The second-order valence-corrected chi connectivity index (χ2v) is 6.88. The monoisotopic (exact) mass is 332 g/mol. The number of nitrogens with two attached hydrogens (primary N) is 1. The van der Waals surface area contributed by atoms with Crippen LogP contribution in [0.3, 0.4) is 0 Å². The van der Waals surface area contributed by atoms with Crippen LogP contribution in [0.15, 0.2) is 18.2 Å². The van der Waals surface area contributed by atoms with Crippen molar-refractivity contribution < 1.29 is 4.74 Å². The number of ether oxygens (including phenoxy) is 1. The smallest absolute Gasteiger partial charge is 0.123 e. The van der Waals surface area contributed by atoms with E-state index in [1.54, 1.807) is 7.11 Å². The van der Waals surface area contributed by atoms with Crippen LogP contribution in [-0.4, -0.2) is 74.2 Å². The Balaban J connectivity index is 1.51. The highest BCUT2D eigenvalue weighted by Crippen LogP contribution is 2.38. The van der Waals surface area contributed by atoms with Gasteiger partial charge in [0.2, 0.25) is 0 Å². The lowest BCUT2D eigenvalue weighted by atomic mass is 10.0. The van der Waals surface area contributed by atoms with Gasteiger partial charge in [-0.05, 0) is 31.1 Å². The Hall–Kier alpha value is -1.14. The van der Waals surface area contributed by atoms with Crippen LogP contribution < -0.4 is 10.5 Å². The van der Waals surface area contributed by atoms with Crippen molar-refractivity contribution in [3.05, 3.63) is 29.3 Å². The van der Waals surface area contributed by atoms with Gasteiger partial charge in [-0.2, -0.15) is 0 Å². The summed E-state index contributed by atoms with van der Waals surface area (Å²) >= 11 is 0. The number of piperazine rings is 1. The van der Waals surface area contributed by atoms with Gasteiger partial charge in [0, 0.05) is 57.4 Å². The molecule has 1 aromatic carbocycles. The Morgan fingerprint density at radius 1 is 1.12 bits per heavy atom. The van der Waals surface area contributed by atoms with Crippen molar-refractivity contribution in [2.45, 2.75) is 25.9 Å². The number of benzene rings is 1. The van der Waals surface area contributed by atoms with E-state index in [0.717, 1.165) is 18.8 Å². The molecule has 1 saturated heterocycles. The summed E-state index contributed by atoms with van der Waals surface area (Å²) in [6.45, 7) is 12.2. The molecule has 1 unspecified atom stereocenters. The third-order valence-electron chi connectivity index (χ3n) is 5.61. The Morgan fingerprint density at radius 2 is 1.88 bits per heavy atom. The highest BCUT2D eigenvalue weighted by Gasteiger charge is 2.30. The SMILES string of the molecule is CCN1CCN(CCCN2Cc3c(OC)cccc3C2CN)CC1. The summed E-state index contributed by atoms with van der Waals surface area (Å²) in [6.07, 6.45) is 1.21. The summed E-state index contributed by atoms with van der Waals surface area (Å²) in [5.41, 5.74) is 8.76. The first-order chi connectivity index (χ1) is 11.8. The van der Waals surface area contributed by atoms with Crippen molar-refractivity contribution in [2.24, 2.45) is 5.73 Å². The van der Waals surface area contributed by atoms with Crippen LogP contribution in [0.4, 0.5) is 0 Å². The Bertz CT molecular complexity index is 528. The van der Waals surface area contributed by atoms with Gasteiger partial charge in [-0.15, -0.1) is 0 Å². The van der Waals surface area contributed by atoms with E-state index in [0.29, 0.717) is 12.6 Å². The van der Waals surface area contributed by atoms with E-state index < -0.39 is 0 Å². The average Bonchev–Trinajstić information content (AvgIpc) is 2.99. The van der Waals surface area contributed by atoms with Crippen molar-refractivity contribution in [3.63, 3.8) is 0 Å². The highest BCUT2D eigenvalue weighted by atomic mass is 16.5. The summed E-state index contributed by atoms with van der Waals surface area (Å²) in [5, 5.41) is 0. The summed E-state index contributed by atoms with van der Waals surface area (Å²) in [6, 6.07) is 6.69. The molecule has 2 N–H and O–H groups in total. The molecule has 0 radical (unpaired) electrons. The zero-order valence-electron chi connectivity index (χ0n) is 15.2. The maximum absolute atomic E-state index is 6.08. The Labute approximate surface area is 146 Å². The van der Waals surface area contributed by atoms with Gasteiger partial charge in [-0.25, -0.2) is 0 Å². The molecule has 2 aliphatic rings. The molecule has 0 aromatic heterocycles. The molecule has 5 nitrogen and oxygen atoms in total. The van der Waals surface area contributed by atoms with E-state index in [1.165, 1.54) is 56.8 Å². The molecule has 1 aromatic rings. The molecular formula is C19H32N4O. The number of fused-ring (bicyclic) bond motifs is 1. The van der Waals surface area contributed by atoms with Crippen molar-refractivity contribution in [1.29, 1.82) is 0 Å². The van der Waals surface area contributed by atoms with Gasteiger partial charge >= 0.3 is 0 Å². The number of nitrogens with zero attached hydrogens (tertiary/aromatic N) is 3. The number of hydrogen-bond donors (Lipinski definition) is 1. The standard InChI is InChI=1S/C19H32N4O/c1-3-21-10-12-22(13-11-21)8-5-9-23-15-17-16(18(23)14-20)6-4-7-19(17)24-2/h4,6-7,18H,3,5,8-15,20H2,1-2H3. The van der Waals surface area contributed by atoms with Crippen LogP contribution >= 0.6 is 0 Å². The van der Waals surface area contributed by atoms with E-state index in [-0.39, 0.29) is 0 Å². The predicted octanol–water partition coefficient (Wildman–Crippen LogP) is 1.54. The van der Waals surface area contributed by atoms with Crippen molar-refractivity contribution in [1.82, 2.24) is 14.7 Å². The van der Waals surface area contributed by atoms with Gasteiger partial charge in [0.15, 0.2) is 0 Å². The van der Waals surface area contributed by atoms with Crippen LogP contribution in [0.5, 0.6) is 5.75 Å². The minimum Gasteiger partial charge on any atom is -0.496 e. The second kappa shape index (κ2) is 8.30. The lowest BCUT2D eigenvalue weighted by molar-refractivity contribution is 0.127. The third-order valence-corrected chi connectivity index (χ3v) is 5.61. The van der Waals surface area contributed by atoms with Crippen molar-refractivity contribution in [3.8, 4) is 5.75 Å². The third kappa shape index (κ3) is 3.75. The molecule has 1 atom stereocenters. The number of rotatable bonds is 7. The fraction of sp³-hybridized carbons (Fsp3) is 0.684. The zero-order valence-corrected chi connectivity index (χ0v) is 15.2. The summed E-state index contributed by atoms with van der Waals surface area (Å²) in [5.74, 6) is 1.00. The van der Waals surface area contributed by atoms with Gasteiger partial charge in [0.05, 0.1) is 7.11 Å². The molecule has 2 aliphatic heterocycles. The van der Waals surface area contributed by atoms with Gasteiger partial charge in [0.25, 0.3) is 0 Å². The fourth-order valence-electron chi connectivity index (χ4n) is 4.10. The Kier molecular flexibility index (Phi) is 6.11. The Morgan fingerprint density at radius 3 is 2.54 bits per heavy atom. The quantitative estimate of drug-likeness (QED) is 0.821. The summed E-state index contributed by atoms with van der Waals surface area (Å²) in [4.78, 5) is 7.66. The first kappa shape index (κ1) is 17.7. The molecule has 5 heteroatoms. The molecule has 134 valence electrons. The summed E-state index contributed by atoms with van der Waals surface area (Å²) in [7, 11) is 1.76. The molecule has 0 saturated carbocycles. The van der Waals surface area contributed by atoms with Gasteiger partial charge < -0.3 is 20.3 Å². The molecule has 1 fully saturated rings. The maximum Gasteiger partial charge on any atom is 0.123 e. The molecule has 0 spiro atoms. The first-order valence-corrected chi connectivity index (χ1v) is 9.31. The van der Waals surface area contributed by atoms with E-state index in [1.807, 2.05) is 0 Å². The van der Waals surface area contributed by atoms with Crippen LogP contribution in [0.2, 0.25) is 0 Å². The van der Waals surface area contributed by atoms with E-state index in [9.17, 15) is 0 Å². The highest BCUT2D eigenvalue weighted by molar-refractivity contribution is 5.44. The number of methoxy groups -OCH3 is 1. The molecule has 0 bridgehead atoms. The van der Waals surface area contributed by atoms with Crippen LogP contribution in [0.1, 0.15) is 30.5 Å². The lowest BCUT2D eigenvalue weighted by Crippen LogP contribution is -2.46. The van der Waals surface area contributed by atoms with Gasteiger partial charge in [-0.3, -0.25) is 4.90 Å². The van der Waals surface area contributed by atoms with Crippen LogP contribution in [-0.2, 0) is 6.54 Å². The van der Waals surface area contributed by atoms with E-state index >= 15 is 0 Å². The molecule has 0 aliphatic carbocycles. The predicted molar refractivity (Wildman–Crippen MR) is 98.4 cm³/mol. The van der Waals surface area contributed by atoms with Gasteiger partial charge in [-0.1, -0.05) is 19.1 Å². The second-order valence-electron chi connectivity index (χ2n) is 6.88. The lowest BCUT2D eigenvalue weighted by Gasteiger charge is -2.34. The maximum atomic E-state index is 6.08. The molecule has 24 heavy (non-hydrogen) atoms. The fourth-order valence-corrected chi connectivity index (χ4v) is 4.10. The van der Waals surface area contributed by atoms with E-state index in [4.69, 9.17) is 10.5 Å². The first-order valence-electron chi connectivity index (χ1n) is 9.31. The molecular weight excluding hydrogens is 300 g/mol. The van der Waals surface area contributed by atoms with Crippen LogP contribution in [0, 0.1) is 0 Å². The average molecular weight is 332 g/mol. The largest absolute Gasteiger partial charge is 0.496 e.